The zero-order valence-electron chi connectivity index (χ0n) is 12.9. The number of nitrogens with zero attached hydrogens (tertiary/aromatic N) is 1. The van der Waals surface area contributed by atoms with E-state index in [9.17, 15) is 0 Å². The Balaban J connectivity index is 2.03. The molecule has 3 nitrogen and oxygen atoms in total. The molecule has 0 saturated carbocycles. The Morgan fingerprint density at radius 3 is 2.71 bits per heavy atom. The number of allylic oxidation sites excluding steroid dienone is 3. The summed E-state index contributed by atoms with van der Waals surface area (Å²) in [5, 5.41) is 3.26. The SMILES string of the molecule is C=C(NC[C@H]1C=CC1)O/C(CC)=C(/CC)c1ccccn1. The van der Waals surface area contributed by atoms with E-state index >= 15 is 0 Å². The van der Waals surface area contributed by atoms with Crippen LogP contribution in [0.3, 0.4) is 0 Å². The van der Waals surface area contributed by atoms with Gasteiger partial charge in [0, 0.05) is 24.7 Å². The van der Waals surface area contributed by atoms with Crippen LogP contribution >= 0.6 is 0 Å². The number of hydrogen-bond donors (Lipinski definition) is 1. The van der Waals surface area contributed by atoms with Crippen LogP contribution in [-0.4, -0.2) is 11.5 Å². The van der Waals surface area contributed by atoms with Crippen molar-refractivity contribution in [2.75, 3.05) is 6.54 Å². The van der Waals surface area contributed by atoms with Gasteiger partial charge in [0.15, 0.2) is 5.88 Å². The first-order chi connectivity index (χ1) is 10.2. The van der Waals surface area contributed by atoms with Gasteiger partial charge in [-0.05, 0) is 37.5 Å². The van der Waals surface area contributed by atoms with Crippen molar-refractivity contribution in [1.82, 2.24) is 10.3 Å². The molecule has 21 heavy (non-hydrogen) atoms. The Labute approximate surface area is 127 Å². The summed E-state index contributed by atoms with van der Waals surface area (Å²) in [4.78, 5) is 4.43. The van der Waals surface area contributed by atoms with Crippen molar-refractivity contribution < 1.29 is 4.74 Å². The molecular formula is C18H24N2O. The molecule has 0 aliphatic heterocycles. The second-order valence-corrected chi connectivity index (χ2v) is 5.15. The summed E-state index contributed by atoms with van der Waals surface area (Å²) in [6.07, 6.45) is 9.06. The van der Waals surface area contributed by atoms with Crippen LogP contribution in [0.2, 0.25) is 0 Å². The fraction of sp³-hybridized carbons (Fsp3) is 0.389. The summed E-state index contributed by atoms with van der Waals surface area (Å²) >= 11 is 0. The number of nitrogens with one attached hydrogen (secondary N) is 1. The number of aromatic nitrogens is 1. The third kappa shape index (κ3) is 4.22. The Hall–Kier alpha value is -2.03. The zero-order valence-corrected chi connectivity index (χ0v) is 12.9. The Bertz CT molecular complexity index is 531. The lowest BCUT2D eigenvalue weighted by atomic mass is 9.96. The first-order valence-corrected chi connectivity index (χ1v) is 7.65. The molecule has 2 rings (SSSR count). The highest BCUT2D eigenvalue weighted by Gasteiger charge is 2.12. The average molecular weight is 284 g/mol. The quantitative estimate of drug-likeness (QED) is 0.572. The number of pyridine rings is 1. The lowest BCUT2D eigenvalue weighted by Crippen LogP contribution is -2.24. The van der Waals surface area contributed by atoms with E-state index in [-0.39, 0.29) is 0 Å². The minimum Gasteiger partial charge on any atom is -0.446 e. The minimum absolute atomic E-state index is 0.612. The molecule has 0 amide bonds. The van der Waals surface area contributed by atoms with Gasteiger partial charge in [-0.3, -0.25) is 4.98 Å². The van der Waals surface area contributed by atoms with E-state index in [0.717, 1.165) is 42.8 Å². The Morgan fingerprint density at radius 2 is 2.19 bits per heavy atom. The van der Waals surface area contributed by atoms with Gasteiger partial charge in [-0.15, -0.1) is 0 Å². The summed E-state index contributed by atoms with van der Waals surface area (Å²) in [7, 11) is 0. The van der Waals surface area contributed by atoms with Gasteiger partial charge in [0.2, 0.25) is 0 Å². The molecule has 0 unspecified atom stereocenters. The molecule has 1 atom stereocenters. The maximum atomic E-state index is 5.94. The lowest BCUT2D eigenvalue weighted by molar-refractivity contribution is 0.263. The van der Waals surface area contributed by atoms with Crippen molar-refractivity contribution in [3.63, 3.8) is 0 Å². The highest BCUT2D eigenvalue weighted by atomic mass is 16.5. The van der Waals surface area contributed by atoms with Crippen molar-refractivity contribution in [2.45, 2.75) is 33.1 Å². The van der Waals surface area contributed by atoms with Crippen molar-refractivity contribution >= 4 is 5.57 Å². The molecule has 112 valence electrons. The molecule has 0 saturated heterocycles. The summed E-state index contributed by atoms with van der Waals surface area (Å²) in [6.45, 7) is 9.07. The van der Waals surface area contributed by atoms with Crippen LogP contribution in [-0.2, 0) is 4.74 Å². The van der Waals surface area contributed by atoms with Crippen LogP contribution < -0.4 is 5.32 Å². The second-order valence-electron chi connectivity index (χ2n) is 5.15. The highest BCUT2D eigenvalue weighted by molar-refractivity contribution is 5.64. The largest absolute Gasteiger partial charge is 0.446 e. The van der Waals surface area contributed by atoms with Crippen LogP contribution in [0.25, 0.3) is 5.57 Å². The number of rotatable bonds is 8. The van der Waals surface area contributed by atoms with E-state index in [4.69, 9.17) is 4.74 Å². The molecule has 0 bridgehead atoms. The van der Waals surface area contributed by atoms with Gasteiger partial charge in [-0.2, -0.15) is 0 Å². The molecule has 0 aromatic carbocycles. The molecule has 3 heteroatoms. The first kappa shape index (κ1) is 15.4. The van der Waals surface area contributed by atoms with Gasteiger partial charge in [-0.1, -0.05) is 32.1 Å². The van der Waals surface area contributed by atoms with Crippen molar-refractivity contribution in [1.29, 1.82) is 0 Å². The molecule has 1 aliphatic rings. The van der Waals surface area contributed by atoms with Crippen molar-refractivity contribution in [3.05, 3.63) is 60.5 Å². The molecule has 0 spiro atoms. The Kier molecular flexibility index (Phi) is 5.61. The van der Waals surface area contributed by atoms with Crippen LogP contribution in [0, 0.1) is 5.92 Å². The second kappa shape index (κ2) is 7.67. The van der Waals surface area contributed by atoms with Gasteiger partial charge >= 0.3 is 0 Å². The summed E-state index contributed by atoms with van der Waals surface area (Å²) in [6, 6.07) is 5.95. The van der Waals surface area contributed by atoms with E-state index in [1.807, 2.05) is 24.4 Å². The monoisotopic (exact) mass is 284 g/mol. The van der Waals surface area contributed by atoms with E-state index in [0.29, 0.717) is 11.8 Å². The predicted octanol–water partition coefficient (Wildman–Crippen LogP) is 4.27. The van der Waals surface area contributed by atoms with Gasteiger partial charge in [-0.25, -0.2) is 0 Å². The molecule has 1 aromatic rings. The normalized spacial score (nSPS) is 17.7. The standard InChI is InChI=1S/C18H24N2O/c1-4-16(17-11-6-7-12-19-17)18(5-2)21-14(3)20-13-15-9-8-10-15/h6-9,11-12,15,20H,3-5,10,13H2,1-2H3/b18-16-/t15-/m0/s1. The van der Waals surface area contributed by atoms with E-state index < -0.39 is 0 Å². The summed E-state index contributed by atoms with van der Waals surface area (Å²) < 4.78 is 5.94. The predicted molar refractivity (Wildman–Crippen MR) is 87.2 cm³/mol. The molecule has 1 heterocycles. The number of hydrogen-bond acceptors (Lipinski definition) is 3. The molecule has 1 aromatic heterocycles. The lowest BCUT2D eigenvalue weighted by Gasteiger charge is -2.21. The maximum absolute atomic E-state index is 5.94. The molecule has 1 aliphatic carbocycles. The molecule has 0 radical (unpaired) electrons. The van der Waals surface area contributed by atoms with E-state index in [1.165, 1.54) is 0 Å². The number of ether oxygens (including phenoxy) is 1. The average Bonchev–Trinajstić information content (AvgIpc) is 2.46. The molecule has 1 N–H and O–H groups in total. The fourth-order valence-electron chi connectivity index (χ4n) is 2.32. The Morgan fingerprint density at radius 1 is 1.38 bits per heavy atom. The molecule has 0 fully saturated rings. The van der Waals surface area contributed by atoms with Crippen molar-refractivity contribution in [2.24, 2.45) is 5.92 Å². The smallest absolute Gasteiger partial charge is 0.185 e. The zero-order chi connectivity index (χ0) is 15.1. The third-order valence-electron chi connectivity index (χ3n) is 3.64. The van der Waals surface area contributed by atoms with Crippen LogP contribution in [0.5, 0.6) is 0 Å². The fourth-order valence-corrected chi connectivity index (χ4v) is 2.32. The van der Waals surface area contributed by atoms with E-state index in [1.54, 1.807) is 0 Å². The topological polar surface area (TPSA) is 34.1 Å². The van der Waals surface area contributed by atoms with Gasteiger partial charge < -0.3 is 10.1 Å². The van der Waals surface area contributed by atoms with Crippen LogP contribution in [0.4, 0.5) is 0 Å². The van der Waals surface area contributed by atoms with Crippen LogP contribution in [0.15, 0.2) is 54.8 Å². The van der Waals surface area contributed by atoms with Gasteiger partial charge in [0.1, 0.15) is 5.76 Å². The summed E-state index contributed by atoms with van der Waals surface area (Å²) in [5.74, 6) is 2.17. The highest BCUT2D eigenvalue weighted by Crippen LogP contribution is 2.24. The third-order valence-corrected chi connectivity index (χ3v) is 3.64. The minimum atomic E-state index is 0.612. The van der Waals surface area contributed by atoms with E-state index in [2.05, 4.69) is 42.9 Å². The van der Waals surface area contributed by atoms with Crippen molar-refractivity contribution in [3.8, 4) is 0 Å². The van der Waals surface area contributed by atoms with Gasteiger partial charge in [0.25, 0.3) is 0 Å². The molecular weight excluding hydrogens is 260 g/mol. The maximum Gasteiger partial charge on any atom is 0.185 e. The van der Waals surface area contributed by atoms with Gasteiger partial charge in [0.05, 0.1) is 5.69 Å². The van der Waals surface area contributed by atoms with Crippen LogP contribution in [0.1, 0.15) is 38.8 Å². The first-order valence-electron chi connectivity index (χ1n) is 7.65. The summed E-state index contributed by atoms with van der Waals surface area (Å²) in [5.41, 5.74) is 2.12.